The number of hydrogen-bond donors (Lipinski definition) is 1. The van der Waals surface area contributed by atoms with Gasteiger partial charge in [0.2, 0.25) is 0 Å². The zero-order valence-corrected chi connectivity index (χ0v) is 19.5. The van der Waals surface area contributed by atoms with Crippen molar-refractivity contribution >= 4 is 11.8 Å². The monoisotopic (exact) mass is 438 g/mol. The molecule has 6 atom stereocenters. The van der Waals surface area contributed by atoms with E-state index in [1.54, 1.807) is 19.1 Å². The van der Waals surface area contributed by atoms with Gasteiger partial charge in [-0.05, 0) is 47.1 Å². The van der Waals surface area contributed by atoms with Crippen molar-refractivity contribution in [2.24, 2.45) is 11.7 Å². The maximum absolute atomic E-state index is 12.5. The molecule has 31 heavy (non-hydrogen) atoms. The van der Waals surface area contributed by atoms with Crippen LogP contribution in [0.2, 0.25) is 0 Å². The molecule has 4 unspecified atom stereocenters. The number of esters is 1. The van der Waals surface area contributed by atoms with E-state index in [0.717, 1.165) is 12.8 Å². The average Bonchev–Trinajstić information content (AvgIpc) is 3.59. The highest BCUT2D eigenvalue weighted by Gasteiger charge is 2.72. The second-order valence-corrected chi connectivity index (χ2v) is 9.65. The van der Waals surface area contributed by atoms with Crippen molar-refractivity contribution in [3.8, 4) is 0 Å². The molecule has 0 amide bonds. The number of ketones is 1. The predicted molar refractivity (Wildman–Crippen MR) is 116 cm³/mol. The number of carbonyl (C=O) groups is 2. The first kappa shape index (κ1) is 24.3. The molecule has 2 N–H and O–H groups in total. The number of hydrogen-bond acceptors (Lipinski definition) is 8. The Morgan fingerprint density at radius 1 is 1.32 bits per heavy atom. The number of nitrogens with zero attached hydrogens (tertiary/aromatic N) is 1. The summed E-state index contributed by atoms with van der Waals surface area (Å²) < 4.78 is 23.7. The molecule has 2 aliphatic heterocycles. The quantitative estimate of drug-likeness (QED) is 0.224. The Bertz CT molecular complexity index is 702. The lowest BCUT2D eigenvalue weighted by molar-refractivity contribution is -0.172. The molecule has 2 saturated heterocycles. The van der Waals surface area contributed by atoms with Crippen LogP contribution in [0.3, 0.4) is 0 Å². The summed E-state index contributed by atoms with van der Waals surface area (Å²) in [5.74, 6) is -0.713. The van der Waals surface area contributed by atoms with Crippen LogP contribution >= 0.6 is 0 Å². The van der Waals surface area contributed by atoms with Crippen molar-refractivity contribution in [2.75, 3.05) is 40.4 Å². The second kappa shape index (κ2) is 9.67. The number of allylic oxidation sites excluding steroid dienone is 1. The number of Topliss-reactive ketones (excluding diaryl/α,β-unsaturated/α-hetero) is 1. The Morgan fingerprint density at radius 2 is 2.03 bits per heavy atom. The average molecular weight is 439 g/mol. The van der Waals surface area contributed by atoms with Gasteiger partial charge < -0.3 is 24.7 Å². The summed E-state index contributed by atoms with van der Waals surface area (Å²) in [6, 6.07) is 0. The summed E-state index contributed by atoms with van der Waals surface area (Å²) in [5.41, 5.74) is 6.12. The number of rotatable bonds is 11. The van der Waals surface area contributed by atoms with E-state index in [4.69, 9.17) is 24.7 Å². The van der Waals surface area contributed by atoms with Crippen molar-refractivity contribution in [3.05, 3.63) is 11.6 Å². The van der Waals surface area contributed by atoms with Crippen LogP contribution in [0, 0.1) is 5.92 Å². The van der Waals surface area contributed by atoms with Gasteiger partial charge in [-0.1, -0.05) is 11.6 Å². The molecule has 0 aromatic rings. The molecule has 3 aliphatic rings. The van der Waals surface area contributed by atoms with E-state index in [2.05, 4.69) is 26.8 Å². The molecule has 1 saturated carbocycles. The van der Waals surface area contributed by atoms with Gasteiger partial charge in [-0.2, -0.15) is 0 Å². The van der Waals surface area contributed by atoms with Crippen LogP contribution in [0.4, 0.5) is 0 Å². The van der Waals surface area contributed by atoms with Crippen molar-refractivity contribution in [3.63, 3.8) is 0 Å². The van der Waals surface area contributed by atoms with Crippen LogP contribution in [0.1, 0.15) is 46.5 Å². The van der Waals surface area contributed by atoms with Gasteiger partial charge in [0, 0.05) is 20.2 Å². The van der Waals surface area contributed by atoms with Crippen LogP contribution in [0.25, 0.3) is 0 Å². The van der Waals surface area contributed by atoms with Crippen LogP contribution in [0.5, 0.6) is 0 Å². The standard InChI is InChI=1S/C23H38N2O6/c1-15(2)6-7-18-22(3,31-18)21-20(28-5)17(8-9-23(21)14-29-23)30-19(27)12-16(26)13-25(4)11-10-24/h6,17-18,20-21H,7-14,24H2,1-5H3/t17?,18-,20?,21?,22?,23+/m1/s1. The summed E-state index contributed by atoms with van der Waals surface area (Å²) in [7, 11) is 3.45. The van der Waals surface area contributed by atoms with Gasteiger partial charge in [0.15, 0.2) is 5.78 Å². The minimum absolute atomic E-state index is 0.0292. The largest absolute Gasteiger partial charge is 0.459 e. The van der Waals surface area contributed by atoms with E-state index in [0.29, 0.717) is 26.1 Å². The van der Waals surface area contributed by atoms with Crippen LogP contribution < -0.4 is 5.73 Å². The molecular weight excluding hydrogens is 400 g/mol. The summed E-state index contributed by atoms with van der Waals surface area (Å²) in [6.07, 6.45) is 3.57. The van der Waals surface area contributed by atoms with Gasteiger partial charge in [0.05, 0.1) is 25.2 Å². The van der Waals surface area contributed by atoms with E-state index in [-0.39, 0.29) is 48.1 Å². The van der Waals surface area contributed by atoms with Crippen LogP contribution in [-0.2, 0) is 28.5 Å². The molecule has 0 aromatic carbocycles. The van der Waals surface area contributed by atoms with E-state index in [9.17, 15) is 9.59 Å². The molecule has 0 radical (unpaired) electrons. The van der Waals surface area contributed by atoms with E-state index < -0.39 is 12.1 Å². The van der Waals surface area contributed by atoms with Gasteiger partial charge in [-0.25, -0.2) is 0 Å². The van der Waals surface area contributed by atoms with Gasteiger partial charge in [0.1, 0.15) is 29.8 Å². The molecule has 3 rings (SSSR count). The zero-order chi connectivity index (χ0) is 22.8. The molecule has 176 valence electrons. The maximum atomic E-state index is 12.5. The summed E-state index contributed by atoms with van der Waals surface area (Å²) in [4.78, 5) is 26.5. The Morgan fingerprint density at radius 3 is 2.61 bits per heavy atom. The molecule has 8 heteroatoms. The number of nitrogens with two attached hydrogens (primary N) is 1. The SMILES string of the molecule is COC1C(OC(=O)CC(=O)CN(C)CCN)CC[C@]2(CO2)C1C1(C)O[C@@H]1CC=C(C)C. The smallest absolute Gasteiger partial charge is 0.313 e. The highest BCUT2D eigenvalue weighted by molar-refractivity contribution is 5.96. The molecule has 3 fully saturated rings. The molecule has 0 aromatic heterocycles. The van der Waals surface area contributed by atoms with Crippen molar-refractivity contribution < 1.29 is 28.5 Å². The minimum atomic E-state index is -0.507. The second-order valence-electron chi connectivity index (χ2n) is 9.65. The number of ether oxygens (including phenoxy) is 4. The third-order valence-corrected chi connectivity index (χ3v) is 6.82. The fourth-order valence-corrected chi connectivity index (χ4v) is 5.10. The van der Waals surface area contributed by atoms with Gasteiger partial charge in [-0.3, -0.25) is 14.5 Å². The Balaban J connectivity index is 1.63. The predicted octanol–water partition coefficient (Wildman–Crippen LogP) is 1.46. The lowest BCUT2D eigenvalue weighted by Crippen LogP contribution is -2.55. The number of epoxide rings is 2. The summed E-state index contributed by atoms with van der Waals surface area (Å²) >= 11 is 0. The maximum Gasteiger partial charge on any atom is 0.313 e. The lowest BCUT2D eigenvalue weighted by atomic mass is 9.68. The van der Waals surface area contributed by atoms with Gasteiger partial charge in [-0.15, -0.1) is 0 Å². The first-order valence-corrected chi connectivity index (χ1v) is 11.2. The fourth-order valence-electron chi connectivity index (χ4n) is 5.10. The number of likely N-dealkylation sites (N-methyl/N-ethyl adjacent to an activating group) is 1. The summed E-state index contributed by atoms with van der Waals surface area (Å²) in [5, 5.41) is 0. The molecule has 8 nitrogen and oxygen atoms in total. The number of methoxy groups -OCH3 is 1. The van der Waals surface area contributed by atoms with E-state index in [1.165, 1.54) is 5.57 Å². The highest BCUT2D eigenvalue weighted by atomic mass is 16.6. The van der Waals surface area contributed by atoms with Crippen molar-refractivity contribution in [1.82, 2.24) is 4.90 Å². The number of carbonyl (C=O) groups excluding carboxylic acids is 2. The fraction of sp³-hybridized carbons (Fsp3) is 0.826. The topological polar surface area (TPSA) is 107 Å². The van der Waals surface area contributed by atoms with Crippen molar-refractivity contribution in [2.45, 2.75) is 76.0 Å². The molecule has 1 aliphatic carbocycles. The van der Waals surface area contributed by atoms with Crippen LogP contribution in [-0.4, -0.2) is 86.6 Å². The zero-order valence-electron chi connectivity index (χ0n) is 19.5. The van der Waals surface area contributed by atoms with Crippen LogP contribution in [0.15, 0.2) is 11.6 Å². The molecule has 0 bridgehead atoms. The first-order valence-electron chi connectivity index (χ1n) is 11.2. The van der Waals surface area contributed by atoms with E-state index >= 15 is 0 Å². The Hall–Kier alpha value is -1.32. The lowest BCUT2D eigenvalue weighted by Gasteiger charge is -2.42. The highest BCUT2D eigenvalue weighted by Crippen LogP contribution is 2.59. The van der Waals surface area contributed by atoms with E-state index in [1.807, 2.05) is 0 Å². The molecular formula is C23H38N2O6. The summed E-state index contributed by atoms with van der Waals surface area (Å²) in [6.45, 7) is 8.19. The Labute approximate surface area is 185 Å². The van der Waals surface area contributed by atoms with Gasteiger partial charge in [0.25, 0.3) is 0 Å². The molecule has 1 spiro atoms. The third kappa shape index (κ3) is 5.54. The van der Waals surface area contributed by atoms with Crippen molar-refractivity contribution in [1.29, 1.82) is 0 Å². The normalized spacial score (nSPS) is 36.4. The van der Waals surface area contributed by atoms with Gasteiger partial charge >= 0.3 is 5.97 Å². The minimum Gasteiger partial charge on any atom is -0.459 e. The third-order valence-electron chi connectivity index (χ3n) is 6.82. The Kier molecular flexibility index (Phi) is 7.58. The molecule has 2 heterocycles. The first-order chi connectivity index (χ1) is 14.6.